The number of rotatable bonds is 4. The van der Waals surface area contributed by atoms with E-state index in [0.717, 1.165) is 43.9 Å². The lowest BCUT2D eigenvalue weighted by Gasteiger charge is -2.34. The van der Waals surface area contributed by atoms with Crippen molar-refractivity contribution >= 4 is 28.3 Å². The molecule has 0 bridgehead atoms. The summed E-state index contributed by atoms with van der Waals surface area (Å²) in [4.78, 5) is 34.5. The molecule has 0 aliphatic carbocycles. The molecule has 6 nitrogen and oxygen atoms in total. The molecule has 3 rings (SSSR count). The van der Waals surface area contributed by atoms with Crippen LogP contribution in [0.2, 0.25) is 0 Å². The van der Waals surface area contributed by atoms with Crippen molar-refractivity contribution in [3.8, 4) is 0 Å². The molecule has 126 valence electrons. The zero-order valence-corrected chi connectivity index (χ0v) is 14.6. The first-order valence-corrected chi connectivity index (χ1v) is 9.13. The van der Waals surface area contributed by atoms with E-state index in [0.29, 0.717) is 12.6 Å². The van der Waals surface area contributed by atoms with E-state index in [4.69, 9.17) is 0 Å². The summed E-state index contributed by atoms with van der Waals surface area (Å²) in [6, 6.07) is 0.586. The zero-order chi connectivity index (χ0) is 16.4. The Morgan fingerprint density at radius 2 is 2.04 bits per heavy atom. The van der Waals surface area contributed by atoms with Crippen LogP contribution in [0.15, 0.2) is 11.6 Å². The van der Waals surface area contributed by atoms with Crippen LogP contribution in [0.25, 0.3) is 0 Å². The van der Waals surface area contributed by atoms with Crippen molar-refractivity contribution in [3.63, 3.8) is 0 Å². The maximum atomic E-state index is 12.5. The van der Waals surface area contributed by atoms with Gasteiger partial charge in [0.05, 0.1) is 6.54 Å². The van der Waals surface area contributed by atoms with Crippen LogP contribution in [0.1, 0.15) is 32.6 Å². The minimum Gasteiger partial charge on any atom is -0.338 e. The molecule has 1 aromatic heterocycles. The topological polar surface area (TPSA) is 56.8 Å². The Kier molecular flexibility index (Phi) is 4.96. The largest absolute Gasteiger partial charge is 0.338 e. The predicted molar refractivity (Wildman–Crippen MR) is 90.5 cm³/mol. The summed E-state index contributed by atoms with van der Waals surface area (Å²) in [5, 5.41) is 2.61. The Morgan fingerprint density at radius 3 is 2.74 bits per heavy atom. The van der Waals surface area contributed by atoms with Crippen LogP contribution in [-0.2, 0) is 9.59 Å². The van der Waals surface area contributed by atoms with Gasteiger partial charge in [-0.3, -0.25) is 19.4 Å². The van der Waals surface area contributed by atoms with Crippen molar-refractivity contribution in [2.75, 3.05) is 31.6 Å². The number of hydrogen-bond donors (Lipinski definition) is 0. The molecule has 2 fully saturated rings. The number of aromatic nitrogens is 1. The molecule has 2 atom stereocenters. The number of thiazole rings is 1. The zero-order valence-electron chi connectivity index (χ0n) is 13.8. The molecule has 23 heavy (non-hydrogen) atoms. The van der Waals surface area contributed by atoms with Crippen LogP contribution in [0, 0.1) is 0 Å². The average molecular weight is 336 g/mol. The fourth-order valence-corrected chi connectivity index (χ4v) is 4.46. The minimum atomic E-state index is 0.0687. The lowest BCUT2D eigenvalue weighted by atomic mass is 10.0. The molecule has 2 saturated heterocycles. The minimum absolute atomic E-state index is 0.0687. The van der Waals surface area contributed by atoms with Gasteiger partial charge in [0.2, 0.25) is 11.8 Å². The van der Waals surface area contributed by atoms with E-state index in [2.05, 4.69) is 9.88 Å². The smallest absolute Gasteiger partial charge is 0.242 e. The van der Waals surface area contributed by atoms with Crippen molar-refractivity contribution in [2.45, 2.75) is 44.7 Å². The summed E-state index contributed by atoms with van der Waals surface area (Å²) in [5.41, 5.74) is 0. The number of anilines is 1. The van der Waals surface area contributed by atoms with Gasteiger partial charge in [-0.25, -0.2) is 4.98 Å². The average Bonchev–Trinajstić information content (AvgIpc) is 3.26. The third kappa shape index (κ3) is 3.40. The third-order valence-corrected chi connectivity index (χ3v) is 5.83. The van der Waals surface area contributed by atoms with Gasteiger partial charge in [0.1, 0.15) is 0 Å². The highest BCUT2D eigenvalue weighted by molar-refractivity contribution is 7.13. The van der Waals surface area contributed by atoms with Crippen LogP contribution < -0.4 is 4.90 Å². The lowest BCUT2D eigenvalue weighted by molar-refractivity contribution is -0.130. The van der Waals surface area contributed by atoms with Crippen LogP contribution in [0.5, 0.6) is 0 Å². The molecule has 0 radical (unpaired) electrons. The standard InChI is InChI=1S/C16H24N4O2S/c1-12(21)20-9-4-6-14(20)13-5-3-8-19(13)11-15(22)18(2)16-17-7-10-23-16/h7,10,13-14H,3-6,8-9,11H2,1-2H3/t13-,14-/m1/s1. The molecular formula is C16H24N4O2S. The van der Waals surface area contributed by atoms with E-state index in [1.165, 1.54) is 11.3 Å². The number of amides is 2. The highest BCUT2D eigenvalue weighted by atomic mass is 32.1. The van der Waals surface area contributed by atoms with Crippen LogP contribution >= 0.6 is 11.3 Å². The van der Waals surface area contributed by atoms with Crippen molar-refractivity contribution in [2.24, 2.45) is 0 Å². The molecule has 0 N–H and O–H groups in total. The molecule has 1 aromatic rings. The first-order valence-electron chi connectivity index (χ1n) is 8.25. The predicted octanol–water partition coefficient (Wildman–Crippen LogP) is 1.58. The van der Waals surface area contributed by atoms with Gasteiger partial charge >= 0.3 is 0 Å². The van der Waals surface area contributed by atoms with E-state index in [-0.39, 0.29) is 17.9 Å². The number of nitrogens with zero attached hydrogens (tertiary/aromatic N) is 4. The molecule has 0 unspecified atom stereocenters. The van der Waals surface area contributed by atoms with E-state index >= 15 is 0 Å². The second-order valence-corrected chi connectivity index (χ2v) is 7.24. The molecular weight excluding hydrogens is 312 g/mol. The lowest BCUT2D eigenvalue weighted by Crippen LogP contribution is -2.50. The molecule has 0 saturated carbocycles. The summed E-state index contributed by atoms with van der Waals surface area (Å²) >= 11 is 1.47. The number of likely N-dealkylation sites (tertiary alicyclic amines) is 2. The molecule has 3 heterocycles. The second-order valence-electron chi connectivity index (χ2n) is 6.37. The van der Waals surface area contributed by atoms with Crippen molar-refractivity contribution in [3.05, 3.63) is 11.6 Å². The fraction of sp³-hybridized carbons (Fsp3) is 0.688. The van der Waals surface area contributed by atoms with Gasteiger partial charge in [-0.05, 0) is 32.2 Å². The van der Waals surface area contributed by atoms with Gasteiger partial charge in [0.25, 0.3) is 0 Å². The molecule has 2 aliphatic heterocycles. The first kappa shape index (κ1) is 16.4. The Hall–Kier alpha value is -1.47. The summed E-state index contributed by atoms with van der Waals surface area (Å²) in [6.07, 6.45) is 6.01. The van der Waals surface area contributed by atoms with Gasteiger partial charge in [-0.15, -0.1) is 11.3 Å². The first-order chi connectivity index (χ1) is 11.1. The highest BCUT2D eigenvalue weighted by Gasteiger charge is 2.39. The van der Waals surface area contributed by atoms with Gasteiger partial charge in [-0.1, -0.05) is 0 Å². The van der Waals surface area contributed by atoms with Gasteiger partial charge in [-0.2, -0.15) is 0 Å². The maximum absolute atomic E-state index is 12.5. The Labute approximate surface area is 141 Å². The van der Waals surface area contributed by atoms with Crippen LogP contribution in [0.4, 0.5) is 5.13 Å². The number of hydrogen-bond acceptors (Lipinski definition) is 5. The highest BCUT2D eigenvalue weighted by Crippen LogP contribution is 2.30. The third-order valence-electron chi connectivity index (χ3n) is 4.98. The monoisotopic (exact) mass is 336 g/mol. The maximum Gasteiger partial charge on any atom is 0.242 e. The van der Waals surface area contributed by atoms with Crippen molar-refractivity contribution < 1.29 is 9.59 Å². The Balaban J connectivity index is 1.65. The quantitative estimate of drug-likeness (QED) is 0.838. The van der Waals surface area contributed by atoms with E-state index in [9.17, 15) is 9.59 Å². The molecule has 0 aromatic carbocycles. The van der Waals surface area contributed by atoms with Crippen molar-refractivity contribution in [1.29, 1.82) is 0 Å². The fourth-order valence-electron chi connectivity index (χ4n) is 3.84. The molecule has 2 amide bonds. The van der Waals surface area contributed by atoms with Gasteiger partial charge < -0.3 is 4.90 Å². The summed E-state index contributed by atoms with van der Waals surface area (Å²) in [5.74, 6) is 0.227. The normalized spacial score (nSPS) is 25.0. The van der Waals surface area contributed by atoms with Crippen molar-refractivity contribution in [1.82, 2.24) is 14.8 Å². The van der Waals surface area contributed by atoms with Gasteiger partial charge in [0, 0.05) is 44.2 Å². The SMILES string of the molecule is CC(=O)N1CCC[C@@H]1[C@H]1CCCN1CC(=O)N(C)c1nccs1. The molecule has 0 spiro atoms. The van der Waals surface area contributed by atoms with E-state index in [1.54, 1.807) is 25.1 Å². The number of carbonyl (C=O) groups excluding carboxylic acids is 2. The summed E-state index contributed by atoms with van der Waals surface area (Å²) in [7, 11) is 1.78. The Morgan fingerprint density at radius 1 is 1.30 bits per heavy atom. The van der Waals surface area contributed by atoms with Crippen LogP contribution in [0.3, 0.4) is 0 Å². The molecule has 2 aliphatic rings. The molecule has 7 heteroatoms. The summed E-state index contributed by atoms with van der Waals surface area (Å²) in [6.45, 7) is 3.85. The number of carbonyl (C=O) groups is 2. The summed E-state index contributed by atoms with van der Waals surface area (Å²) < 4.78 is 0. The number of likely N-dealkylation sites (N-methyl/N-ethyl adjacent to an activating group) is 1. The van der Waals surface area contributed by atoms with Gasteiger partial charge in [0.15, 0.2) is 5.13 Å². The van der Waals surface area contributed by atoms with Crippen LogP contribution in [-0.4, -0.2) is 65.4 Å². The van der Waals surface area contributed by atoms with E-state index < -0.39 is 0 Å². The Bertz CT molecular complexity index is 562. The van der Waals surface area contributed by atoms with E-state index in [1.807, 2.05) is 10.3 Å². The second kappa shape index (κ2) is 6.97.